The maximum absolute atomic E-state index is 12.7. The molecule has 1 amide bonds. The van der Waals surface area contributed by atoms with Crippen LogP contribution in [0.5, 0.6) is 5.75 Å². The standard InChI is InChI=1S/C26H25NO2/c1-19-16-24(27(26(19)28)18-21-10-14-25(29-2)15-11-21)17-20-8-12-23(13-9-20)22-6-4-3-5-7-22/h3-15,24H,1,16-18H2,2H3/t24-/m0/s1. The molecule has 0 bridgehead atoms. The third-order valence-electron chi connectivity index (χ3n) is 5.53. The number of amides is 1. The molecule has 0 saturated carbocycles. The minimum Gasteiger partial charge on any atom is -0.497 e. The van der Waals surface area contributed by atoms with Gasteiger partial charge in [-0.05, 0) is 47.2 Å². The predicted octanol–water partition coefficient (Wildman–Crippen LogP) is 5.26. The number of nitrogens with zero attached hydrogens (tertiary/aromatic N) is 1. The summed E-state index contributed by atoms with van der Waals surface area (Å²) in [7, 11) is 1.65. The molecule has 1 aliphatic heterocycles. The smallest absolute Gasteiger partial charge is 0.249 e. The molecule has 0 radical (unpaired) electrons. The highest BCUT2D eigenvalue weighted by molar-refractivity contribution is 5.95. The largest absolute Gasteiger partial charge is 0.497 e. The van der Waals surface area contributed by atoms with E-state index in [0.717, 1.165) is 24.2 Å². The van der Waals surface area contributed by atoms with Crippen molar-refractivity contribution in [1.29, 1.82) is 0 Å². The third-order valence-corrected chi connectivity index (χ3v) is 5.53. The molecule has 1 atom stereocenters. The van der Waals surface area contributed by atoms with E-state index in [1.165, 1.54) is 16.7 Å². The Morgan fingerprint density at radius 1 is 0.897 bits per heavy atom. The molecule has 0 aliphatic carbocycles. The summed E-state index contributed by atoms with van der Waals surface area (Å²) < 4.78 is 5.22. The summed E-state index contributed by atoms with van der Waals surface area (Å²) in [6.45, 7) is 4.58. The van der Waals surface area contributed by atoms with Crippen LogP contribution in [0.2, 0.25) is 0 Å². The van der Waals surface area contributed by atoms with Gasteiger partial charge < -0.3 is 9.64 Å². The number of likely N-dealkylation sites (tertiary alicyclic amines) is 1. The van der Waals surface area contributed by atoms with E-state index in [0.29, 0.717) is 12.1 Å². The van der Waals surface area contributed by atoms with Gasteiger partial charge in [0, 0.05) is 18.2 Å². The van der Waals surface area contributed by atoms with E-state index >= 15 is 0 Å². The fourth-order valence-corrected chi connectivity index (χ4v) is 3.90. The second-order valence-electron chi connectivity index (χ2n) is 7.51. The molecular weight excluding hydrogens is 358 g/mol. The zero-order valence-electron chi connectivity index (χ0n) is 16.7. The van der Waals surface area contributed by atoms with E-state index in [-0.39, 0.29) is 11.9 Å². The van der Waals surface area contributed by atoms with Crippen molar-refractivity contribution in [1.82, 2.24) is 4.90 Å². The highest BCUT2D eigenvalue weighted by Crippen LogP contribution is 2.29. The maximum Gasteiger partial charge on any atom is 0.249 e. The summed E-state index contributed by atoms with van der Waals surface area (Å²) in [5.74, 6) is 0.882. The topological polar surface area (TPSA) is 29.5 Å². The van der Waals surface area contributed by atoms with Gasteiger partial charge in [0.2, 0.25) is 5.91 Å². The molecule has 1 fully saturated rings. The average Bonchev–Trinajstić information content (AvgIpc) is 3.03. The number of benzene rings is 3. The Morgan fingerprint density at radius 3 is 2.17 bits per heavy atom. The van der Waals surface area contributed by atoms with Crippen LogP contribution in [-0.2, 0) is 17.8 Å². The molecule has 0 spiro atoms. The van der Waals surface area contributed by atoms with Crippen LogP contribution in [0.4, 0.5) is 0 Å². The molecule has 1 saturated heterocycles. The summed E-state index contributed by atoms with van der Waals surface area (Å²) in [6.07, 6.45) is 1.55. The lowest BCUT2D eigenvalue weighted by Gasteiger charge is -2.25. The fourth-order valence-electron chi connectivity index (χ4n) is 3.90. The van der Waals surface area contributed by atoms with Crippen LogP contribution in [0, 0.1) is 0 Å². The van der Waals surface area contributed by atoms with Crippen molar-refractivity contribution < 1.29 is 9.53 Å². The molecule has 4 rings (SSSR count). The van der Waals surface area contributed by atoms with Gasteiger partial charge in [0.1, 0.15) is 5.75 Å². The van der Waals surface area contributed by atoms with Crippen LogP contribution >= 0.6 is 0 Å². The van der Waals surface area contributed by atoms with Crippen molar-refractivity contribution in [3.63, 3.8) is 0 Å². The number of carbonyl (C=O) groups excluding carboxylic acids is 1. The first-order valence-corrected chi connectivity index (χ1v) is 9.90. The fraction of sp³-hybridized carbons (Fsp3) is 0.192. The monoisotopic (exact) mass is 383 g/mol. The number of carbonyl (C=O) groups is 1. The summed E-state index contributed by atoms with van der Waals surface area (Å²) in [6, 6.07) is 27.0. The molecule has 1 heterocycles. The maximum atomic E-state index is 12.7. The van der Waals surface area contributed by atoms with E-state index < -0.39 is 0 Å². The van der Waals surface area contributed by atoms with Gasteiger partial charge in [0.05, 0.1) is 7.11 Å². The lowest BCUT2D eigenvalue weighted by Crippen LogP contribution is -2.34. The lowest BCUT2D eigenvalue weighted by molar-refractivity contribution is -0.126. The molecule has 3 heteroatoms. The molecule has 0 N–H and O–H groups in total. The molecule has 0 unspecified atom stereocenters. The van der Waals surface area contributed by atoms with Crippen LogP contribution < -0.4 is 4.74 Å². The second kappa shape index (κ2) is 8.36. The van der Waals surface area contributed by atoms with E-state index in [1.807, 2.05) is 35.2 Å². The zero-order valence-corrected chi connectivity index (χ0v) is 16.7. The molecule has 3 aromatic rings. The van der Waals surface area contributed by atoms with Crippen LogP contribution in [0.3, 0.4) is 0 Å². The van der Waals surface area contributed by atoms with Gasteiger partial charge in [-0.3, -0.25) is 4.79 Å². The van der Waals surface area contributed by atoms with Gasteiger partial charge in [0.15, 0.2) is 0 Å². The molecular formula is C26H25NO2. The molecule has 0 aromatic heterocycles. The van der Waals surface area contributed by atoms with Crippen molar-refractivity contribution in [2.24, 2.45) is 0 Å². The Balaban J connectivity index is 1.48. The van der Waals surface area contributed by atoms with Gasteiger partial charge in [-0.2, -0.15) is 0 Å². The summed E-state index contributed by atoms with van der Waals surface area (Å²) >= 11 is 0. The van der Waals surface area contributed by atoms with Crippen LogP contribution in [-0.4, -0.2) is 24.0 Å². The van der Waals surface area contributed by atoms with E-state index in [2.05, 4.69) is 55.1 Å². The zero-order chi connectivity index (χ0) is 20.2. The van der Waals surface area contributed by atoms with E-state index in [1.54, 1.807) is 7.11 Å². The minimum absolute atomic E-state index is 0.0618. The van der Waals surface area contributed by atoms with E-state index in [4.69, 9.17) is 4.74 Å². The van der Waals surface area contributed by atoms with Crippen LogP contribution in [0.15, 0.2) is 91.0 Å². The lowest BCUT2D eigenvalue weighted by atomic mass is 9.99. The van der Waals surface area contributed by atoms with Crippen molar-refractivity contribution in [3.05, 3.63) is 102 Å². The van der Waals surface area contributed by atoms with Crippen molar-refractivity contribution >= 4 is 5.91 Å². The third kappa shape index (κ3) is 4.24. The van der Waals surface area contributed by atoms with E-state index in [9.17, 15) is 4.79 Å². The predicted molar refractivity (Wildman–Crippen MR) is 117 cm³/mol. The summed E-state index contributed by atoms with van der Waals surface area (Å²) in [5.41, 5.74) is 5.44. The quantitative estimate of drug-likeness (QED) is 0.543. The molecule has 3 aromatic carbocycles. The highest BCUT2D eigenvalue weighted by Gasteiger charge is 2.33. The van der Waals surface area contributed by atoms with Gasteiger partial charge in [-0.25, -0.2) is 0 Å². The summed E-state index contributed by atoms with van der Waals surface area (Å²) in [5, 5.41) is 0. The van der Waals surface area contributed by atoms with Gasteiger partial charge in [-0.1, -0.05) is 73.3 Å². The number of rotatable bonds is 6. The van der Waals surface area contributed by atoms with Crippen LogP contribution in [0.1, 0.15) is 17.5 Å². The molecule has 1 aliphatic rings. The SMILES string of the molecule is C=C1C[C@@H](Cc2ccc(-c3ccccc3)cc2)N(Cc2ccc(OC)cc2)C1=O. The highest BCUT2D eigenvalue weighted by atomic mass is 16.5. The minimum atomic E-state index is 0.0618. The Kier molecular flexibility index (Phi) is 5.48. The molecule has 3 nitrogen and oxygen atoms in total. The normalized spacial score (nSPS) is 16.3. The first kappa shape index (κ1) is 19.0. The Hall–Kier alpha value is -3.33. The Morgan fingerprint density at radius 2 is 1.52 bits per heavy atom. The van der Waals surface area contributed by atoms with Gasteiger partial charge in [0.25, 0.3) is 0 Å². The van der Waals surface area contributed by atoms with Crippen molar-refractivity contribution in [2.75, 3.05) is 7.11 Å². The number of hydrogen-bond acceptors (Lipinski definition) is 2. The van der Waals surface area contributed by atoms with Crippen molar-refractivity contribution in [3.8, 4) is 16.9 Å². The van der Waals surface area contributed by atoms with Gasteiger partial charge >= 0.3 is 0 Å². The Labute approximate surface area is 172 Å². The molecule has 29 heavy (non-hydrogen) atoms. The summed E-state index contributed by atoms with van der Waals surface area (Å²) in [4.78, 5) is 14.6. The molecule has 146 valence electrons. The number of ether oxygens (including phenoxy) is 1. The number of hydrogen-bond donors (Lipinski definition) is 0. The van der Waals surface area contributed by atoms with Gasteiger partial charge in [-0.15, -0.1) is 0 Å². The van der Waals surface area contributed by atoms with Crippen LogP contribution in [0.25, 0.3) is 11.1 Å². The first-order chi connectivity index (χ1) is 14.1. The first-order valence-electron chi connectivity index (χ1n) is 9.90. The van der Waals surface area contributed by atoms with Crippen molar-refractivity contribution in [2.45, 2.75) is 25.4 Å². The number of methoxy groups -OCH3 is 1. The average molecular weight is 383 g/mol. The second-order valence-corrected chi connectivity index (χ2v) is 7.51. The Bertz CT molecular complexity index is 991.